The Morgan fingerprint density at radius 1 is 0.792 bits per heavy atom. The zero-order valence-corrected chi connectivity index (χ0v) is 14.1. The van der Waals surface area contributed by atoms with Gasteiger partial charge < -0.3 is 0 Å². The summed E-state index contributed by atoms with van der Waals surface area (Å²) in [5.41, 5.74) is 3.13. The van der Waals surface area contributed by atoms with Crippen LogP contribution in [-0.2, 0) is 22.9 Å². The number of anilines is 1. The largest absolute Gasteiger partial charge is 0.279 e. The van der Waals surface area contributed by atoms with Crippen LogP contribution in [0.1, 0.15) is 24.0 Å². The molecule has 1 aliphatic rings. The molecule has 0 saturated heterocycles. The van der Waals surface area contributed by atoms with Crippen molar-refractivity contribution in [3.8, 4) is 0 Å². The van der Waals surface area contributed by atoms with E-state index >= 15 is 0 Å². The molecule has 0 aliphatic heterocycles. The summed E-state index contributed by atoms with van der Waals surface area (Å²) in [7, 11) is -3.59. The zero-order valence-electron chi connectivity index (χ0n) is 13.3. The van der Waals surface area contributed by atoms with Crippen LogP contribution in [0.4, 0.5) is 5.69 Å². The quantitative estimate of drug-likeness (QED) is 0.764. The maximum atomic E-state index is 12.8. The molecule has 4 heteroatoms. The highest BCUT2D eigenvalue weighted by atomic mass is 32.2. The van der Waals surface area contributed by atoms with Crippen molar-refractivity contribution in [3.63, 3.8) is 0 Å². The first kappa shape index (κ1) is 15.2. The van der Waals surface area contributed by atoms with Gasteiger partial charge in [-0.1, -0.05) is 42.5 Å². The molecule has 4 rings (SSSR count). The van der Waals surface area contributed by atoms with Gasteiger partial charge >= 0.3 is 0 Å². The molecule has 24 heavy (non-hydrogen) atoms. The Balaban J connectivity index is 1.72. The molecule has 1 aliphatic carbocycles. The van der Waals surface area contributed by atoms with Crippen LogP contribution in [0.15, 0.2) is 65.6 Å². The third kappa shape index (κ3) is 2.78. The van der Waals surface area contributed by atoms with E-state index in [2.05, 4.69) is 10.8 Å². The number of hydrogen-bond donors (Lipinski definition) is 1. The molecule has 0 aromatic heterocycles. The van der Waals surface area contributed by atoms with Crippen LogP contribution in [0.25, 0.3) is 10.8 Å². The van der Waals surface area contributed by atoms with Gasteiger partial charge in [-0.25, -0.2) is 8.42 Å². The Morgan fingerprint density at radius 3 is 2.46 bits per heavy atom. The van der Waals surface area contributed by atoms with E-state index in [4.69, 9.17) is 0 Å². The summed E-state index contributed by atoms with van der Waals surface area (Å²) >= 11 is 0. The first-order valence-corrected chi connectivity index (χ1v) is 9.74. The van der Waals surface area contributed by atoms with E-state index in [-0.39, 0.29) is 0 Å². The summed E-state index contributed by atoms with van der Waals surface area (Å²) in [4.78, 5) is 0.301. The van der Waals surface area contributed by atoms with Crippen molar-refractivity contribution in [2.75, 3.05) is 4.72 Å². The van der Waals surface area contributed by atoms with Crippen molar-refractivity contribution in [1.29, 1.82) is 0 Å². The summed E-state index contributed by atoms with van der Waals surface area (Å²) in [5.74, 6) is 0. The molecule has 0 saturated carbocycles. The summed E-state index contributed by atoms with van der Waals surface area (Å²) in [5, 5.41) is 1.96. The van der Waals surface area contributed by atoms with Crippen LogP contribution < -0.4 is 4.72 Å². The zero-order chi connectivity index (χ0) is 16.6. The van der Waals surface area contributed by atoms with Crippen molar-refractivity contribution < 1.29 is 8.42 Å². The van der Waals surface area contributed by atoms with Gasteiger partial charge in [0.05, 0.1) is 10.6 Å². The number of sulfonamides is 1. The first-order valence-electron chi connectivity index (χ1n) is 8.26. The third-order valence-corrected chi connectivity index (χ3v) is 6.03. The van der Waals surface area contributed by atoms with E-state index in [1.807, 2.05) is 42.5 Å². The maximum Gasteiger partial charge on any atom is 0.261 e. The normalized spacial score (nSPS) is 14.3. The van der Waals surface area contributed by atoms with Gasteiger partial charge in [0.1, 0.15) is 0 Å². The minimum Gasteiger partial charge on any atom is -0.279 e. The topological polar surface area (TPSA) is 46.2 Å². The smallest absolute Gasteiger partial charge is 0.261 e. The van der Waals surface area contributed by atoms with Crippen LogP contribution >= 0.6 is 0 Å². The van der Waals surface area contributed by atoms with Crippen LogP contribution in [0, 0.1) is 0 Å². The van der Waals surface area contributed by atoms with Gasteiger partial charge in [-0.05, 0) is 65.8 Å². The Labute approximate surface area is 142 Å². The molecule has 3 nitrogen and oxygen atoms in total. The minimum atomic E-state index is -3.59. The molecule has 122 valence electrons. The van der Waals surface area contributed by atoms with E-state index < -0.39 is 10.0 Å². The lowest BCUT2D eigenvalue weighted by molar-refractivity contribution is 0.601. The van der Waals surface area contributed by atoms with Crippen molar-refractivity contribution >= 4 is 26.5 Å². The molecule has 0 radical (unpaired) electrons. The standard InChI is InChI=1S/C20H19NO2S/c22-24(23,18-13-12-15-6-1-2-8-17(15)14-18)21-20-11-5-9-16-7-3-4-10-19(16)20/h1-2,5-6,8-9,11-14,21H,3-4,7,10H2. The van der Waals surface area contributed by atoms with Crippen LogP contribution in [0.5, 0.6) is 0 Å². The van der Waals surface area contributed by atoms with Gasteiger partial charge in [0, 0.05) is 0 Å². The summed E-state index contributed by atoms with van der Waals surface area (Å²) in [6.45, 7) is 0. The molecule has 0 unspecified atom stereocenters. The van der Waals surface area contributed by atoms with Crippen molar-refractivity contribution in [2.45, 2.75) is 30.6 Å². The van der Waals surface area contributed by atoms with Crippen LogP contribution in [-0.4, -0.2) is 8.42 Å². The average molecular weight is 337 g/mol. The van der Waals surface area contributed by atoms with E-state index in [0.29, 0.717) is 4.90 Å². The van der Waals surface area contributed by atoms with Gasteiger partial charge in [0.15, 0.2) is 0 Å². The number of aryl methyl sites for hydroxylation is 1. The Hall–Kier alpha value is -2.33. The predicted molar refractivity (Wildman–Crippen MR) is 97.8 cm³/mol. The highest BCUT2D eigenvalue weighted by Crippen LogP contribution is 2.30. The van der Waals surface area contributed by atoms with Crippen molar-refractivity contribution in [2.24, 2.45) is 0 Å². The van der Waals surface area contributed by atoms with E-state index in [9.17, 15) is 8.42 Å². The Kier molecular flexibility index (Phi) is 3.77. The summed E-state index contributed by atoms with van der Waals surface area (Å²) in [6, 6.07) is 18.9. The van der Waals surface area contributed by atoms with Crippen LogP contribution in [0.3, 0.4) is 0 Å². The maximum absolute atomic E-state index is 12.8. The lowest BCUT2D eigenvalue weighted by Crippen LogP contribution is -2.16. The molecule has 0 spiro atoms. The SMILES string of the molecule is O=S(=O)(Nc1cccc2c1CCCC2)c1ccc2ccccc2c1. The molecular weight excluding hydrogens is 318 g/mol. The third-order valence-electron chi connectivity index (χ3n) is 4.67. The number of fused-ring (bicyclic) bond motifs is 2. The highest BCUT2D eigenvalue weighted by molar-refractivity contribution is 7.92. The number of nitrogens with one attached hydrogen (secondary N) is 1. The van der Waals surface area contributed by atoms with Gasteiger partial charge in [-0.15, -0.1) is 0 Å². The second-order valence-electron chi connectivity index (χ2n) is 6.26. The first-order chi connectivity index (χ1) is 11.6. The van der Waals surface area contributed by atoms with Crippen LogP contribution in [0.2, 0.25) is 0 Å². The number of benzene rings is 3. The summed E-state index contributed by atoms with van der Waals surface area (Å²) in [6.07, 6.45) is 4.25. The second-order valence-corrected chi connectivity index (χ2v) is 7.95. The Bertz CT molecular complexity index is 1010. The van der Waals surface area contributed by atoms with Crippen molar-refractivity contribution in [1.82, 2.24) is 0 Å². The average Bonchev–Trinajstić information content (AvgIpc) is 2.61. The van der Waals surface area contributed by atoms with Crippen molar-refractivity contribution in [3.05, 3.63) is 71.8 Å². The molecular formula is C20H19NO2S. The molecule has 0 amide bonds. The molecule has 3 aromatic rings. The number of hydrogen-bond acceptors (Lipinski definition) is 2. The summed E-state index contributed by atoms with van der Waals surface area (Å²) < 4.78 is 28.4. The van der Waals surface area contributed by atoms with Gasteiger partial charge in [0.2, 0.25) is 0 Å². The lowest BCUT2D eigenvalue weighted by atomic mass is 9.91. The Morgan fingerprint density at radius 2 is 1.58 bits per heavy atom. The molecule has 0 fully saturated rings. The fourth-order valence-electron chi connectivity index (χ4n) is 3.42. The molecule has 1 N–H and O–H groups in total. The lowest BCUT2D eigenvalue weighted by Gasteiger charge is -2.20. The molecule has 0 atom stereocenters. The fraction of sp³-hybridized carbons (Fsp3) is 0.200. The van der Waals surface area contributed by atoms with E-state index in [1.165, 1.54) is 12.0 Å². The fourth-order valence-corrected chi connectivity index (χ4v) is 4.54. The van der Waals surface area contributed by atoms with Gasteiger partial charge in [-0.2, -0.15) is 0 Å². The molecule has 0 heterocycles. The minimum absolute atomic E-state index is 0.301. The van der Waals surface area contributed by atoms with Gasteiger partial charge in [0.25, 0.3) is 10.0 Å². The van der Waals surface area contributed by atoms with E-state index in [1.54, 1.807) is 12.1 Å². The van der Waals surface area contributed by atoms with Gasteiger partial charge in [-0.3, -0.25) is 4.72 Å². The highest BCUT2D eigenvalue weighted by Gasteiger charge is 2.19. The molecule has 3 aromatic carbocycles. The molecule has 0 bridgehead atoms. The predicted octanol–water partition coefficient (Wildman–Crippen LogP) is 4.52. The second kappa shape index (κ2) is 5.95. The number of rotatable bonds is 3. The monoisotopic (exact) mass is 337 g/mol. The van der Waals surface area contributed by atoms with E-state index in [0.717, 1.165) is 41.3 Å².